The van der Waals surface area contributed by atoms with Crippen LogP contribution in [0.1, 0.15) is 11.1 Å². The minimum Gasteiger partial charge on any atom is -0.493 e. The number of alkyl halides is 2. The van der Waals surface area contributed by atoms with Crippen molar-refractivity contribution in [1.82, 2.24) is 5.32 Å². The fourth-order valence-electron chi connectivity index (χ4n) is 2.26. The van der Waals surface area contributed by atoms with Gasteiger partial charge in [-0.25, -0.2) is 4.99 Å². The zero-order valence-electron chi connectivity index (χ0n) is 14.9. The number of hydrogen-bond donors (Lipinski definition) is 2. The van der Waals surface area contributed by atoms with Gasteiger partial charge in [0.2, 0.25) is 0 Å². The molecule has 0 heterocycles. The van der Waals surface area contributed by atoms with Gasteiger partial charge in [0.25, 0.3) is 0 Å². The van der Waals surface area contributed by atoms with Crippen LogP contribution in [0.5, 0.6) is 17.2 Å². The third kappa shape index (κ3) is 7.08. The van der Waals surface area contributed by atoms with Gasteiger partial charge in [-0.1, -0.05) is 24.3 Å². The topological polar surface area (TPSA) is 78.1 Å². The zero-order chi connectivity index (χ0) is 18.9. The van der Waals surface area contributed by atoms with Crippen molar-refractivity contribution in [2.75, 3.05) is 14.2 Å². The Morgan fingerprint density at radius 2 is 1.78 bits per heavy atom. The molecule has 0 aliphatic carbocycles. The molecule has 0 fully saturated rings. The van der Waals surface area contributed by atoms with Crippen molar-refractivity contribution in [2.24, 2.45) is 10.7 Å². The Morgan fingerprint density at radius 3 is 2.44 bits per heavy atom. The molecule has 0 aromatic heterocycles. The highest BCUT2D eigenvalue weighted by Gasteiger charge is 2.09. The Hall–Kier alpha value is -2.30. The number of hydrogen-bond acceptors (Lipinski definition) is 4. The predicted octanol–water partition coefficient (Wildman–Crippen LogP) is 3.53. The number of nitrogens with two attached hydrogens (primary N) is 1. The van der Waals surface area contributed by atoms with E-state index >= 15 is 0 Å². The average molecular weight is 493 g/mol. The van der Waals surface area contributed by atoms with Crippen LogP contribution in [0.3, 0.4) is 0 Å². The van der Waals surface area contributed by atoms with E-state index in [4.69, 9.17) is 15.2 Å². The van der Waals surface area contributed by atoms with Crippen molar-refractivity contribution < 1.29 is 23.0 Å². The Labute approximate surface area is 173 Å². The molecule has 2 aromatic carbocycles. The van der Waals surface area contributed by atoms with E-state index in [1.54, 1.807) is 44.6 Å². The second kappa shape index (κ2) is 11.4. The zero-order valence-corrected chi connectivity index (χ0v) is 17.3. The molecule has 0 unspecified atom stereocenters. The molecule has 0 aliphatic rings. The van der Waals surface area contributed by atoms with Crippen molar-refractivity contribution in [3.05, 3.63) is 53.6 Å². The maximum absolute atomic E-state index is 12.4. The summed E-state index contributed by atoms with van der Waals surface area (Å²) in [6.07, 6.45) is 0. The number of halogens is 3. The summed E-state index contributed by atoms with van der Waals surface area (Å²) in [5, 5.41) is 2.88. The molecule has 0 amide bonds. The number of nitrogens with zero attached hydrogens (tertiary/aromatic N) is 1. The fraction of sp³-hybridized carbons (Fsp3) is 0.278. The molecule has 0 saturated heterocycles. The molecule has 0 aliphatic heterocycles. The molecule has 9 heteroatoms. The van der Waals surface area contributed by atoms with E-state index < -0.39 is 6.61 Å². The Bertz CT molecular complexity index is 760. The second-order valence-corrected chi connectivity index (χ2v) is 5.23. The number of aliphatic imine (C=N–C) groups is 1. The predicted molar refractivity (Wildman–Crippen MR) is 110 cm³/mol. The van der Waals surface area contributed by atoms with E-state index in [1.807, 2.05) is 6.07 Å². The molecule has 0 atom stereocenters. The van der Waals surface area contributed by atoms with Gasteiger partial charge in [-0.15, -0.1) is 24.0 Å². The molecule has 3 N–H and O–H groups in total. The minimum absolute atomic E-state index is 0. The molecule has 148 valence electrons. The van der Waals surface area contributed by atoms with Crippen molar-refractivity contribution in [1.29, 1.82) is 0 Å². The normalized spacial score (nSPS) is 10.9. The molecular formula is C18H22F2IN3O3. The quantitative estimate of drug-likeness (QED) is 0.335. The summed E-state index contributed by atoms with van der Waals surface area (Å²) >= 11 is 0. The van der Waals surface area contributed by atoms with E-state index in [2.05, 4.69) is 15.0 Å². The first-order chi connectivity index (χ1) is 12.5. The van der Waals surface area contributed by atoms with Crippen molar-refractivity contribution in [3.8, 4) is 17.2 Å². The van der Waals surface area contributed by atoms with E-state index in [0.717, 1.165) is 5.56 Å². The molecule has 6 nitrogen and oxygen atoms in total. The highest BCUT2D eigenvalue weighted by molar-refractivity contribution is 14.0. The number of guanidine groups is 1. The SMILES string of the molecule is COc1ccc(CN=C(N)NCc2ccccc2OC(F)F)cc1OC.I. The lowest BCUT2D eigenvalue weighted by molar-refractivity contribution is -0.0504. The number of rotatable bonds is 8. The van der Waals surface area contributed by atoms with Crippen LogP contribution in [-0.2, 0) is 13.1 Å². The average Bonchev–Trinajstić information content (AvgIpc) is 2.64. The van der Waals surface area contributed by atoms with Gasteiger partial charge >= 0.3 is 6.61 Å². The van der Waals surface area contributed by atoms with Crippen molar-refractivity contribution >= 4 is 29.9 Å². The van der Waals surface area contributed by atoms with Crippen LogP contribution in [0.25, 0.3) is 0 Å². The maximum Gasteiger partial charge on any atom is 0.387 e. The number of methoxy groups -OCH3 is 2. The molecule has 2 aromatic rings. The maximum atomic E-state index is 12.4. The first-order valence-corrected chi connectivity index (χ1v) is 7.81. The molecule has 27 heavy (non-hydrogen) atoms. The number of nitrogens with one attached hydrogen (secondary N) is 1. The minimum atomic E-state index is -2.88. The molecule has 0 bridgehead atoms. The Balaban J connectivity index is 0.00000364. The van der Waals surface area contributed by atoms with Gasteiger partial charge in [0.1, 0.15) is 5.75 Å². The largest absolute Gasteiger partial charge is 0.493 e. The van der Waals surface area contributed by atoms with Crippen LogP contribution in [-0.4, -0.2) is 26.8 Å². The monoisotopic (exact) mass is 493 g/mol. The third-order valence-electron chi connectivity index (χ3n) is 3.53. The summed E-state index contributed by atoms with van der Waals surface area (Å²) in [7, 11) is 3.12. The van der Waals surface area contributed by atoms with Gasteiger partial charge < -0.3 is 25.3 Å². The number of benzene rings is 2. The van der Waals surface area contributed by atoms with Crippen molar-refractivity contribution in [2.45, 2.75) is 19.7 Å². The standard InChI is InChI=1S/C18H21F2N3O3.HI/c1-24-15-8-7-12(9-16(15)25-2)10-22-18(21)23-11-13-5-3-4-6-14(13)26-17(19)20;/h3-9,17H,10-11H2,1-2H3,(H3,21,22,23);1H. The summed E-state index contributed by atoms with van der Waals surface area (Å²) in [4.78, 5) is 4.23. The van der Waals surface area contributed by atoms with Gasteiger partial charge in [-0.05, 0) is 23.8 Å². The van der Waals surface area contributed by atoms with E-state index in [0.29, 0.717) is 23.6 Å². The van der Waals surface area contributed by atoms with E-state index in [9.17, 15) is 8.78 Å². The Kier molecular flexibility index (Phi) is 9.62. The Morgan fingerprint density at radius 1 is 1.07 bits per heavy atom. The lowest BCUT2D eigenvalue weighted by Crippen LogP contribution is -2.31. The molecule has 2 rings (SSSR count). The second-order valence-electron chi connectivity index (χ2n) is 5.23. The number of ether oxygens (including phenoxy) is 3. The van der Waals surface area contributed by atoms with Gasteiger partial charge in [-0.3, -0.25) is 0 Å². The molecule has 0 radical (unpaired) electrons. The first kappa shape index (κ1) is 22.7. The summed E-state index contributed by atoms with van der Waals surface area (Å²) in [6.45, 7) is -2.34. The van der Waals surface area contributed by atoms with Crippen LogP contribution < -0.4 is 25.3 Å². The van der Waals surface area contributed by atoms with Gasteiger partial charge in [0, 0.05) is 12.1 Å². The summed E-state index contributed by atoms with van der Waals surface area (Å²) < 4.78 is 39.7. The van der Waals surface area contributed by atoms with Crippen LogP contribution in [0.4, 0.5) is 8.78 Å². The third-order valence-corrected chi connectivity index (χ3v) is 3.53. The highest BCUT2D eigenvalue weighted by atomic mass is 127. The van der Waals surface area contributed by atoms with Crippen LogP contribution in [0.15, 0.2) is 47.5 Å². The summed E-state index contributed by atoms with van der Waals surface area (Å²) in [6, 6.07) is 11.9. The van der Waals surface area contributed by atoms with Crippen LogP contribution >= 0.6 is 24.0 Å². The summed E-state index contributed by atoms with van der Waals surface area (Å²) in [5.74, 6) is 1.51. The van der Waals surface area contributed by atoms with E-state index in [-0.39, 0.29) is 42.2 Å². The van der Waals surface area contributed by atoms with Gasteiger partial charge in [-0.2, -0.15) is 8.78 Å². The number of para-hydroxylation sites is 1. The van der Waals surface area contributed by atoms with Gasteiger partial charge in [0.15, 0.2) is 17.5 Å². The molecule has 0 spiro atoms. The van der Waals surface area contributed by atoms with Crippen LogP contribution in [0, 0.1) is 0 Å². The first-order valence-electron chi connectivity index (χ1n) is 7.81. The van der Waals surface area contributed by atoms with Crippen LogP contribution in [0.2, 0.25) is 0 Å². The van der Waals surface area contributed by atoms with Gasteiger partial charge in [0.05, 0.1) is 20.8 Å². The smallest absolute Gasteiger partial charge is 0.387 e. The fourth-order valence-corrected chi connectivity index (χ4v) is 2.26. The highest BCUT2D eigenvalue weighted by Crippen LogP contribution is 2.27. The lowest BCUT2D eigenvalue weighted by Gasteiger charge is -2.12. The summed E-state index contributed by atoms with van der Waals surface area (Å²) in [5.41, 5.74) is 7.28. The van der Waals surface area contributed by atoms with E-state index in [1.165, 1.54) is 6.07 Å². The van der Waals surface area contributed by atoms with Crippen molar-refractivity contribution in [3.63, 3.8) is 0 Å². The molecular weight excluding hydrogens is 471 g/mol. The lowest BCUT2D eigenvalue weighted by atomic mass is 10.2. The molecule has 0 saturated carbocycles.